The Morgan fingerprint density at radius 3 is 3.08 bits per heavy atom. The van der Waals surface area contributed by atoms with Crippen LogP contribution in [0.15, 0.2) is 17.1 Å². The Morgan fingerprint density at radius 2 is 2.24 bits per heavy atom. The van der Waals surface area contributed by atoms with Crippen molar-refractivity contribution in [2.45, 2.75) is 57.7 Å². The highest BCUT2D eigenvalue weighted by Gasteiger charge is 2.45. The van der Waals surface area contributed by atoms with Crippen LogP contribution in [0.1, 0.15) is 45.4 Å². The van der Waals surface area contributed by atoms with Crippen LogP contribution in [0.2, 0.25) is 0 Å². The molecule has 4 heteroatoms. The van der Waals surface area contributed by atoms with E-state index in [0.29, 0.717) is 30.0 Å². The molecule has 0 aromatic carbocycles. The lowest BCUT2D eigenvalue weighted by Gasteiger charge is -2.38. The van der Waals surface area contributed by atoms with Crippen LogP contribution >= 0.6 is 0 Å². The number of hydrogen-bond donors (Lipinski definition) is 1. The molecule has 0 radical (unpaired) electrons. The molecule has 0 spiro atoms. The summed E-state index contributed by atoms with van der Waals surface area (Å²) in [5, 5.41) is 3.66. The van der Waals surface area contributed by atoms with Gasteiger partial charge in [0.1, 0.15) is 6.17 Å². The van der Waals surface area contributed by atoms with Crippen LogP contribution in [0.3, 0.4) is 0 Å². The Kier molecular flexibility index (Phi) is 5.89. The number of unbranched alkanes of at least 4 members (excludes halogenated alkanes) is 1. The topological polar surface area (TPSA) is 42.8 Å². The molecule has 140 valence electrons. The van der Waals surface area contributed by atoms with Gasteiger partial charge < -0.3 is 9.47 Å². The highest BCUT2D eigenvalue weighted by atomic mass is 16.5. The van der Waals surface area contributed by atoms with Gasteiger partial charge in [-0.3, -0.25) is 10.3 Å². The van der Waals surface area contributed by atoms with Gasteiger partial charge in [-0.25, -0.2) is 0 Å². The summed E-state index contributed by atoms with van der Waals surface area (Å²) in [4.78, 5) is 4.93. The molecule has 0 bridgehead atoms. The smallest absolute Gasteiger partial charge is 0.102 e. The Bertz CT molecular complexity index is 486. The molecule has 0 aromatic rings. The fraction of sp³-hybridized carbons (Fsp3) is 0.857. The van der Waals surface area contributed by atoms with Crippen molar-refractivity contribution in [1.29, 1.82) is 0 Å². The van der Waals surface area contributed by atoms with Gasteiger partial charge in [0, 0.05) is 44.4 Å². The molecule has 2 saturated heterocycles. The number of nitrogens with one attached hydrogen (secondary N) is 1. The van der Waals surface area contributed by atoms with Crippen molar-refractivity contribution in [3.63, 3.8) is 0 Å². The van der Waals surface area contributed by atoms with Crippen molar-refractivity contribution in [2.24, 2.45) is 34.6 Å². The summed E-state index contributed by atoms with van der Waals surface area (Å²) >= 11 is 0. The number of nitrogens with zero attached hydrogens (tertiary/aromatic N) is 1. The van der Waals surface area contributed by atoms with Crippen LogP contribution in [0.4, 0.5) is 0 Å². The molecule has 25 heavy (non-hydrogen) atoms. The van der Waals surface area contributed by atoms with Gasteiger partial charge in [-0.05, 0) is 49.9 Å². The van der Waals surface area contributed by atoms with E-state index in [1.807, 2.05) is 0 Å². The predicted octanol–water partition coefficient (Wildman–Crippen LogP) is 3.43. The Morgan fingerprint density at radius 1 is 1.28 bits per heavy atom. The number of rotatable bonds is 6. The highest BCUT2D eigenvalue weighted by molar-refractivity contribution is 5.63. The molecule has 0 saturated carbocycles. The number of fused-ring (bicyclic) bond motifs is 1. The third-order valence-corrected chi connectivity index (χ3v) is 6.80. The van der Waals surface area contributed by atoms with E-state index in [1.54, 1.807) is 0 Å². The zero-order chi connectivity index (χ0) is 17.1. The van der Waals surface area contributed by atoms with Crippen molar-refractivity contribution in [3.05, 3.63) is 12.2 Å². The average molecular weight is 347 g/mol. The van der Waals surface area contributed by atoms with Crippen molar-refractivity contribution in [3.8, 4) is 0 Å². The normalized spacial score (nSPS) is 43.5. The van der Waals surface area contributed by atoms with Gasteiger partial charge in [0.05, 0.1) is 6.10 Å². The molecule has 7 atom stereocenters. The lowest BCUT2D eigenvalue weighted by molar-refractivity contribution is 0.00253. The quantitative estimate of drug-likeness (QED) is 0.592. The molecular weight excluding hydrogens is 312 g/mol. The van der Waals surface area contributed by atoms with Crippen molar-refractivity contribution < 1.29 is 9.47 Å². The summed E-state index contributed by atoms with van der Waals surface area (Å²) in [6, 6.07) is 0. The van der Waals surface area contributed by atoms with E-state index >= 15 is 0 Å². The molecule has 2 fully saturated rings. The standard InChI is InChI=1S/C21H34N2O2/c1-2-3-9-25-20-7-5-4-6-17(20)16-11-18-19(15-8-10-24-14-15)13-23-21(18)22-12-16/h4,6,12,15-21,23H,2-3,5,7-11,13-14H2,1H3. The third kappa shape index (κ3) is 3.86. The minimum Gasteiger partial charge on any atom is -0.381 e. The second kappa shape index (κ2) is 8.32. The molecule has 4 nitrogen and oxygen atoms in total. The van der Waals surface area contributed by atoms with Gasteiger partial charge >= 0.3 is 0 Å². The van der Waals surface area contributed by atoms with Crippen LogP contribution in [0, 0.1) is 29.6 Å². The Balaban J connectivity index is 1.42. The maximum absolute atomic E-state index is 6.28. The molecular formula is C21H34N2O2. The average Bonchev–Trinajstić information content (AvgIpc) is 3.31. The first-order valence-electron chi connectivity index (χ1n) is 10.5. The Hall–Kier alpha value is -0.710. The van der Waals surface area contributed by atoms with Gasteiger partial charge in [0.2, 0.25) is 0 Å². The van der Waals surface area contributed by atoms with Crippen molar-refractivity contribution in [1.82, 2.24) is 5.32 Å². The lowest BCUT2D eigenvalue weighted by atomic mass is 9.72. The van der Waals surface area contributed by atoms with Gasteiger partial charge in [-0.1, -0.05) is 25.5 Å². The van der Waals surface area contributed by atoms with E-state index in [4.69, 9.17) is 14.5 Å². The summed E-state index contributed by atoms with van der Waals surface area (Å²) in [5.41, 5.74) is 0. The predicted molar refractivity (Wildman–Crippen MR) is 101 cm³/mol. The van der Waals surface area contributed by atoms with Crippen molar-refractivity contribution in [2.75, 3.05) is 26.4 Å². The first-order valence-corrected chi connectivity index (χ1v) is 10.5. The molecule has 4 aliphatic rings. The molecule has 7 unspecified atom stereocenters. The summed E-state index contributed by atoms with van der Waals surface area (Å²) in [6.07, 6.45) is 14.9. The largest absolute Gasteiger partial charge is 0.381 e. The number of allylic oxidation sites excluding steroid dienone is 1. The van der Waals surface area contributed by atoms with Gasteiger partial charge in [0.15, 0.2) is 0 Å². The van der Waals surface area contributed by atoms with Crippen LogP contribution in [-0.2, 0) is 9.47 Å². The Labute approximate surface area is 152 Å². The monoisotopic (exact) mass is 346 g/mol. The van der Waals surface area contributed by atoms with Gasteiger partial charge in [-0.2, -0.15) is 0 Å². The minimum atomic E-state index is 0.342. The second-order valence-electron chi connectivity index (χ2n) is 8.35. The lowest BCUT2D eigenvalue weighted by Crippen LogP contribution is -2.39. The third-order valence-electron chi connectivity index (χ3n) is 6.80. The fourth-order valence-corrected chi connectivity index (χ4v) is 5.32. The number of ether oxygens (including phenoxy) is 2. The van der Waals surface area contributed by atoms with E-state index in [2.05, 4.69) is 30.6 Å². The molecule has 0 aromatic heterocycles. The zero-order valence-electron chi connectivity index (χ0n) is 15.6. The van der Waals surface area contributed by atoms with E-state index in [-0.39, 0.29) is 0 Å². The molecule has 3 aliphatic heterocycles. The summed E-state index contributed by atoms with van der Waals surface area (Å²) in [5.74, 6) is 3.19. The molecule has 0 amide bonds. The number of aliphatic imine (C=N–C) groups is 1. The summed E-state index contributed by atoms with van der Waals surface area (Å²) < 4.78 is 11.9. The van der Waals surface area contributed by atoms with E-state index in [0.717, 1.165) is 44.6 Å². The fourth-order valence-electron chi connectivity index (χ4n) is 5.32. The minimum absolute atomic E-state index is 0.342. The molecule has 3 heterocycles. The maximum Gasteiger partial charge on any atom is 0.102 e. The number of hydrogen-bond acceptors (Lipinski definition) is 4. The molecule has 1 aliphatic carbocycles. The highest BCUT2D eigenvalue weighted by Crippen LogP contribution is 2.42. The van der Waals surface area contributed by atoms with E-state index in [1.165, 1.54) is 32.1 Å². The van der Waals surface area contributed by atoms with Gasteiger partial charge in [-0.15, -0.1) is 0 Å². The van der Waals surface area contributed by atoms with Crippen LogP contribution in [0.25, 0.3) is 0 Å². The molecule has 4 rings (SSSR count). The maximum atomic E-state index is 6.28. The van der Waals surface area contributed by atoms with Crippen LogP contribution in [-0.4, -0.2) is 44.8 Å². The van der Waals surface area contributed by atoms with Crippen LogP contribution in [0.5, 0.6) is 0 Å². The van der Waals surface area contributed by atoms with Crippen LogP contribution < -0.4 is 5.32 Å². The van der Waals surface area contributed by atoms with Gasteiger partial charge in [0.25, 0.3) is 0 Å². The first-order chi connectivity index (χ1) is 12.4. The van der Waals surface area contributed by atoms with Crippen molar-refractivity contribution >= 4 is 6.21 Å². The SMILES string of the molecule is CCCCOC1CCC=CC1C1C=NC2NCC(C3CCOC3)C2C1. The second-order valence-corrected chi connectivity index (χ2v) is 8.35. The van der Waals surface area contributed by atoms with E-state index < -0.39 is 0 Å². The first kappa shape index (κ1) is 17.7. The molecule has 1 N–H and O–H groups in total. The summed E-state index contributed by atoms with van der Waals surface area (Å²) in [6.45, 7) is 6.16. The summed E-state index contributed by atoms with van der Waals surface area (Å²) in [7, 11) is 0. The zero-order valence-corrected chi connectivity index (χ0v) is 15.6. The van der Waals surface area contributed by atoms with E-state index in [9.17, 15) is 0 Å².